The van der Waals surface area contributed by atoms with Crippen molar-refractivity contribution in [2.24, 2.45) is 0 Å². The van der Waals surface area contributed by atoms with Gasteiger partial charge >= 0.3 is 0 Å². The Bertz CT molecular complexity index is 1170. The number of rotatable bonds is 4. The highest BCUT2D eigenvalue weighted by atomic mass is 32.2. The van der Waals surface area contributed by atoms with Gasteiger partial charge in [-0.05, 0) is 31.2 Å². The number of aryl methyl sites for hydroxylation is 1. The number of hydrogen-bond acceptors (Lipinski definition) is 6. The number of nitrogens with zero attached hydrogens (tertiary/aromatic N) is 4. The highest BCUT2D eigenvalue weighted by Gasteiger charge is 2.29. The molecule has 3 aromatic rings. The fourth-order valence-electron chi connectivity index (χ4n) is 3.62. The molecule has 0 aliphatic carbocycles. The normalized spacial score (nSPS) is 15.6. The van der Waals surface area contributed by atoms with E-state index in [-0.39, 0.29) is 5.69 Å². The molecule has 0 amide bonds. The Hall–Kier alpha value is -3.04. The highest BCUT2D eigenvalue weighted by Crippen LogP contribution is 2.33. The van der Waals surface area contributed by atoms with Crippen molar-refractivity contribution in [3.8, 4) is 0 Å². The first-order valence-corrected chi connectivity index (χ1v) is 10.6. The van der Waals surface area contributed by atoms with Crippen LogP contribution in [0.4, 0.5) is 11.4 Å². The average Bonchev–Trinajstić information content (AvgIpc) is 2.73. The summed E-state index contributed by atoms with van der Waals surface area (Å²) in [5.74, 6) is 0. The Morgan fingerprint density at radius 2 is 1.66 bits per heavy atom. The van der Waals surface area contributed by atoms with Gasteiger partial charge in [0.2, 0.25) is 10.0 Å². The molecule has 0 bridgehead atoms. The summed E-state index contributed by atoms with van der Waals surface area (Å²) in [6.07, 6.45) is 3.10. The lowest BCUT2D eigenvalue weighted by molar-refractivity contribution is -0.383. The number of aromatic nitrogens is 1. The van der Waals surface area contributed by atoms with Crippen molar-refractivity contribution in [3.63, 3.8) is 0 Å². The second-order valence-electron chi connectivity index (χ2n) is 6.99. The summed E-state index contributed by atoms with van der Waals surface area (Å²) in [7, 11) is -3.54. The lowest BCUT2D eigenvalue weighted by Gasteiger charge is -2.35. The Morgan fingerprint density at radius 3 is 2.31 bits per heavy atom. The summed E-state index contributed by atoms with van der Waals surface area (Å²) in [5.41, 5.74) is 1.87. The monoisotopic (exact) mass is 412 g/mol. The zero-order valence-corrected chi connectivity index (χ0v) is 16.7. The number of sulfonamides is 1. The maximum Gasteiger partial charge on any atom is 0.278 e. The fraction of sp³-hybridized carbons (Fsp3) is 0.250. The highest BCUT2D eigenvalue weighted by molar-refractivity contribution is 7.89. The van der Waals surface area contributed by atoms with Crippen LogP contribution in [0.3, 0.4) is 0 Å². The number of nitro benzene ring substituents is 1. The molecule has 0 saturated carbocycles. The third-order valence-electron chi connectivity index (χ3n) is 5.21. The summed E-state index contributed by atoms with van der Waals surface area (Å²) in [6, 6.07) is 11.8. The molecular weight excluding hydrogens is 392 g/mol. The average molecular weight is 412 g/mol. The molecule has 1 fully saturated rings. The molecule has 0 N–H and O–H groups in total. The topological polar surface area (TPSA) is 96.7 Å². The molecule has 0 radical (unpaired) electrons. The third kappa shape index (κ3) is 3.54. The minimum Gasteiger partial charge on any atom is -0.368 e. The van der Waals surface area contributed by atoms with Crippen LogP contribution in [-0.4, -0.2) is 48.8 Å². The lowest BCUT2D eigenvalue weighted by atomic mass is 10.1. The van der Waals surface area contributed by atoms with Crippen LogP contribution in [0.2, 0.25) is 0 Å². The Morgan fingerprint density at radius 1 is 0.966 bits per heavy atom. The summed E-state index contributed by atoms with van der Waals surface area (Å²) in [6.45, 7) is 3.61. The van der Waals surface area contributed by atoms with Gasteiger partial charge in [0, 0.05) is 55.7 Å². The molecule has 2 heterocycles. The number of nitro groups is 1. The van der Waals surface area contributed by atoms with Crippen LogP contribution >= 0.6 is 0 Å². The van der Waals surface area contributed by atoms with E-state index in [1.54, 1.807) is 42.6 Å². The van der Waals surface area contributed by atoms with Crippen molar-refractivity contribution in [1.82, 2.24) is 9.29 Å². The maximum atomic E-state index is 12.9. The molecule has 150 valence electrons. The van der Waals surface area contributed by atoms with Crippen LogP contribution in [0.15, 0.2) is 59.8 Å². The molecule has 8 nitrogen and oxygen atoms in total. The molecule has 1 aliphatic rings. The number of non-ortho nitro benzene ring substituents is 1. The molecule has 1 saturated heterocycles. The minimum atomic E-state index is -3.54. The fourth-order valence-corrected chi connectivity index (χ4v) is 5.05. The van der Waals surface area contributed by atoms with Crippen LogP contribution < -0.4 is 4.90 Å². The molecule has 4 rings (SSSR count). The SMILES string of the molecule is Cc1ccc(S(=O)(=O)N2CCN(c3ccc([N+](=O)[O-])c4cnccc34)CC2)cc1. The number of hydrogen-bond donors (Lipinski definition) is 0. The molecule has 29 heavy (non-hydrogen) atoms. The van der Waals surface area contributed by atoms with Crippen molar-refractivity contribution < 1.29 is 13.3 Å². The van der Waals surface area contributed by atoms with Gasteiger partial charge < -0.3 is 4.90 Å². The van der Waals surface area contributed by atoms with Gasteiger partial charge in [-0.2, -0.15) is 4.31 Å². The Balaban J connectivity index is 1.58. The van der Waals surface area contributed by atoms with E-state index in [9.17, 15) is 18.5 Å². The third-order valence-corrected chi connectivity index (χ3v) is 7.12. The van der Waals surface area contributed by atoms with E-state index in [1.807, 2.05) is 6.92 Å². The van der Waals surface area contributed by atoms with Gasteiger partial charge in [-0.15, -0.1) is 0 Å². The number of fused-ring (bicyclic) bond motifs is 1. The second-order valence-corrected chi connectivity index (χ2v) is 8.92. The van der Waals surface area contributed by atoms with E-state index in [0.29, 0.717) is 36.5 Å². The summed E-state index contributed by atoms with van der Waals surface area (Å²) < 4.78 is 27.3. The second kappa shape index (κ2) is 7.41. The van der Waals surface area contributed by atoms with Crippen molar-refractivity contribution >= 4 is 32.2 Å². The molecule has 0 unspecified atom stereocenters. The van der Waals surface area contributed by atoms with Crippen molar-refractivity contribution in [1.29, 1.82) is 0 Å². The molecule has 1 aromatic heterocycles. The van der Waals surface area contributed by atoms with Crippen LogP contribution in [0, 0.1) is 17.0 Å². The van der Waals surface area contributed by atoms with Crippen LogP contribution in [0.25, 0.3) is 10.8 Å². The van der Waals surface area contributed by atoms with Crippen molar-refractivity contribution in [2.45, 2.75) is 11.8 Å². The zero-order chi connectivity index (χ0) is 20.6. The quantitative estimate of drug-likeness (QED) is 0.483. The van der Waals surface area contributed by atoms with E-state index in [1.165, 1.54) is 16.6 Å². The largest absolute Gasteiger partial charge is 0.368 e. The molecule has 9 heteroatoms. The van der Waals surface area contributed by atoms with E-state index < -0.39 is 14.9 Å². The van der Waals surface area contributed by atoms with Crippen LogP contribution in [-0.2, 0) is 10.0 Å². The minimum absolute atomic E-state index is 0.0115. The summed E-state index contributed by atoms with van der Waals surface area (Å²) in [4.78, 5) is 17.3. The van der Waals surface area contributed by atoms with Crippen LogP contribution in [0.5, 0.6) is 0 Å². The first-order valence-electron chi connectivity index (χ1n) is 9.21. The lowest BCUT2D eigenvalue weighted by Crippen LogP contribution is -2.48. The predicted octanol–water partition coefficient (Wildman–Crippen LogP) is 2.96. The molecule has 1 aliphatic heterocycles. The van der Waals surface area contributed by atoms with Gasteiger partial charge in [-0.25, -0.2) is 8.42 Å². The van der Waals surface area contributed by atoms with E-state index in [0.717, 1.165) is 16.6 Å². The van der Waals surface area contributed by atoms with Crippen molar-refractivity contribution in [3.05, 3.63) is 70.5 Å². The van der Waals surface area contributed by atoms with Gasteiger partial charge in [0.15, 0.2) is 0 Å². The van der Waals surface area contributed by atoms with Crippen molar-refractivity contribution in [2.75, 3.05) is 31.1 Å². The van der Waals surface area contributed by atoms with E-state index in [2.05, 4.69) is 9.88 Å². The summed E-state index contributed by atoms with van der Waals surface area (Å²) in [5, 5.41) is 12.5. The van der Waals surface area contributed by atoms with Crippen LogP contribution in [0.1, 0.15) is 5.56 Å². The van der Waals surface area contributed by atoms with Gasteiger partial charge in [0.05, 0.1) is 15.2 Å². The van der Waals surface area contributed by atoms with E-state index >= 15 is 0 Å². The first kappa shape index (κ1) is 19.3. The van der Waals surface area contributed by atoms with Gasteiger partial charge in [-0.1, -0.05) is 17.7 Å². The van der Waals surface area contributed by atoms with Gasteiger partial charge in [0.25, 0.3) is 5.69 Å². The Labute approximate surface area is 168 Å². The summed E-state index contributed by atoms with van der Waals surface area (Å²) >= 11 is 0. The zero-order valence-electron chi connectivity index (χ0n) is 15.9. The standard InChI is InChI=1S/C20H20N4O4S/c1-15-2-4-16(5-3-15)29(27,28)23-12-10-22(11-13-23)19-6-7-20(24(25)26)18-14-21-9-8-17(18)19/h2-9,14H,10-13H2,1H3. The maximum absolute atomic E-state index is 12.9. The molecule has 0 spiro atoms. The van der Waals surface area contributed by atoms with Gasteiger partial charge in [-0.3, -0.25) is 15.1 Å². The Kier molecular flexibility index (Phi) is 4.93. The first-order chi connectivity index (χ1) is 13.9. The number of anilines is 1. The number of piperazine rings is 1. The number of benzene rings is 2. The number of pyridine rings is 1. The smallest absolute Gasteiger partial charge is 0.278 e. The molecule has 2 aromatic carbocycles. The van der Waals surface area contributed by atoms with Gasteiger partial charge in [0.1, 0.15) is 0 Å². The molecule has 0 atom stereocenters. The molecular formula is C20H20N4O4S. The predicted molar refractivity (Wildman–Crippen MR) is 111 cm³/mol. The van der Waals surface area contributed by atoms with E-state index in [4.69, 9.17) is 0 Å².